The molecule has 2 N–H and O–H groups in total. The van der Waals surface area contributed by atoms with Gasteiger partial charge in [0, 0.05) is 17.9 Å². The smallest absolute Gasteiger partial charge is 0.329 e. The Labute approximate surface area is 136 Å². The van der Waals surface area contributed by atoms with Crippen LogP contribution in [0.3, 0.4) is 0 Å². The first-order valence-electron chi connectivity index (χ1n) is 8.73. The lowest BCUT2D eigenvalue weighted by atomic mass is 9.74. The molecule has 3 rings (SSSR count). The van der Waals surface area contributed by atoms with Gasteiger partial charge in [-0.05, 0) is 43.4 Å². The summed E-state index contributed by atoms with van der Waals surface area (Å²) in [6.07, 6.45) is 6.23. The molecule has 5 nitrogen and oxygen atoms in total. The molecule has 2 saturated carbocycles. The maximum absolute atomic E-state index is 12.8. The van der Waals surface area contributed by atoms with Gasteiger partial charge >= 0.3 is 5.97 Å². The highest BCUT2D eigenvalue weighted by atomic mass is 16.4. The third-order valence-electron chi connectivity index (χ3n) is 6.08. The lowest BCUT2D eigenvalue weighted by Gasteiger charge is -2.30. The lowest BCUT2D eigenvalue weighted by Crippen LogP contribution is -2.47. The van der Waals surface area contributed by atoms with Crippen LogP contribution in [-0.4, -0.2) is 28.3 Å². The molecule has 2 fully saturated rings. The second-order valence-corrected chi connectivity index (χ2v) is 7.28. The molecule has 0 spiro atoms. The van der Waals surface area contributed by atoms with Crippen LogP contribution in [0.1, 0.15) is 52.4 Å². The van der Waals surface area contributed by atoms with Crippen molar-refractivity contribution in [2.24, 2.45) is 23.7 Å². The Bertz CT molecular complexity index is 582. The van der Waals surface area contributed by atoms with E-state index in [1.165, 1.54) is 0 Å². The summed E-state index contributed by atoms with van der Waals surface area (Å²) in [7, 11) is 0. The van der Waals surface area contributed by atoms with Crippen LogP contribution in [0.25, 0.3) is 0 Å². The maximum Gasteiger partial charge on any atom is 0.329 e. The highest BCUT2D eigenvalue weighted by Crippen LogP contribution is 2.48. The van der Waals surface area contributed by atoms with Gasteiger partial charge in [0.1, 0.15) is 11.3 Å². The summed E-state index contributed by atoms with van der Waals surface area (Å²) >= 11 is 0. The van der Waals surface area contributed by atoms with E-state index in [9.17, 15) is 19.5 Å². The minimum absolute atomic E-state index is 0.0103. The molecule has 5 heteroatoms. The molecule has 0 aromatic rings. The van der Waals surface area contributed by atoms with Crippen LogP contribution in [0.5, 0.6) is 0 Å². The van der Waals surface area contributed by atoms with Crippen LogP contribution in [0.15, 0.2) is 11.6 Å². The van der Waals surface area contributed by atoms with Gasteiger partial charge in [0.25, 0.3) is 0 Å². The van der Waals surface area contributed by atoms with Crippen LogP contribution in [0.4, 0.5) is 0 Å². The number of amides is 1. The molecule has 1 amide bonds. The van der Waals surface area contributed by atoms with Crippen molar-refractivity contribution >= 4 is 17.7 Å². The summed E-state index contributed by atoms with van der Waals surface area (Å²) in [6.45, 7) is 4.00. The molecule has 5 atom stereocenters. The van der Waals surface area contributed by atoms with Gasteiger partial charge in [0.05, 0.1) is 0 Å². The molecule has 0 unspecified atom stereocenters. The number of hydrogen-bond acceptors (Lipinski definition) is 3. The second kappa shape index (κ2) is 5.77. The third kappa shape index (κ3) is 2.60. The van der Waals surface area contributed by atoms with Crippen LogP contribution in [0.2, 0.25) is 0 Å². The third-order valence-corrected chi connectivity index (χ3v) is 6.08. The number of carboxylic acids is 1. The zero-order chi connectivity index (χ0) is 16.8. The van der Waals surface area contributed by atoms with Crippen LogP contribution in [-0.2, 0) is 14.4 Å². The van der Waals surface area contributed by atoms with Crippen molar-refractivity contribution in [1.29, 1.82) is 0 Å². The number of rotatable bonds is 5. The Morgan fingerprint density at radius 3 is 2.61 bits per heavy atom. The molecule has 0 radical (unpaired) electrons. The number of Topliss-reactive ketones (excluding diaryl/α,β-unsaturated/α-hetero) is 1. The normalized spacial score (nSPS) is 38.7. The molecule has 0 saturated heterocycles. The fourth-order valence-electron chi connectivity index (χ4n) is 4.44. The quantitative estimate of drug-likeness (QED) is 0.814. The Kier molecular flexibility index (Phi) is 4.07. The molecule has 0 aromatic carbocycles. The van der Waals surface area contributed by atoms with Crippen molar-refractivity contribution in [1.82, 2.24) is 5.32 Å². The molecule has 23 heavy (non-hydrogen) atoms. The number of fused-ring (bicyclic) bond motifs is 1. The molecule has 0 aliphatic heterocycles. The number of nitrogens with one attached hydrogen (secondary N) is 1. The van der Waals surface area contributed by atoms with Gasteiger partial charge in [-0.2, -0.15) is 0 Å². The van der Waals surface area contributed by atoms with Crippen LogP contribution >= 0.6 is 0 Å². The van der Waals surface area contributed by atoms with Gasteiger partial charge in [0.15, 0.2) is 0 Å². The van der Waals surface area contributed by atoms with Crippen molar-refractivity contribution in [2.75, 3.05) is 0 Å². The summed E-state index contributed by atoms with van der Waals surface area (Å²) in [5, 5.41) is 12.3. The van der Waals surface area contributed by atoms with E-state index in [2.05, 4.69) is 12.2 Å². The SMILES string of the molecule is CC[C@@H]1C=C(C(=O)N[C@]2(C(=O)O)C[C@@H]2CC)[C@@H]2CCC(=O)[C@H]2C1. The average Bonchev–Trinajstić information content (AvgIpc) is 3.14. The van der Waals surface area contributed by atoms with E-state index in [4.69, 9.17) is 0 Å². The van der Waals surface area contributed by atoms with Crippen LogP contribution in [0, 0.1) is 23.7 Å². The first kappa shape index (κ1) is 16.2. The van der Waals surface area contributed by atoms with Crippen LogP contribution < -0.4 is 5.32 Å². The maximum atomic E-state index is 12.8. The van der Waals surface area contributed by atoms with Gasteiger partial charge in [-0.25, -0.2) is 4.79 Å². The first-order valence-corrected chi connectivity index (χ1v) is 8.73. The highest BCUT2D eigenvalue weighted by molar-refractivity contribution is 6.00. The molecule has 0 bridgehead atoms. The van der Waals surface area contributed by atoms with Gasteiger partial charge in [-0.3, -0.25) is 9.59 Å². The standard InChI is InChI=1S/C18H25NO4/c1-3-10-7-13-12(5-6-15(13)20)14(8-10)16(21)19-18(17(22)23)9-11(18)4-2/h8,10-13H,3-7,9H2,1-2H3,(H,19,21)(H,22,23)/t10-,11-,12+,13-,18+/m0/s1. The molecule has 0 heterocycles. The van der Waals surface area contributed by atoms with E-state index in [0.717, 1.165) is 25.7 Å². The van der Waals surface area contributed by atoms with E-state index in [-0.39, 0.29) is 35.4 Å². The van der Waals surface area contributed by atoms with Gasteiger partial charge < -0.3 is 10.4 Å². The molecular weight excluding hydrogens is 294 g/mol. The van der Waals surface area contributed by atoms with Crippen molar-refractivity contribution in [3.8, 4) is 0 Å². The zero-order valence-corrected chi connectivity index (χ0v) is 13.8. The Morgan fingerprint density at radius 2 is 2.04 bits per heavy atom. The topological polar surface area (TPSA) is 83.5 Å². The summed E-state index contributed by atoms with van der Waals surface area (Å²) in [5.41, 5.74) is -0.439. The fraction of sp³-hybridized carbons (Fsp3) is 0.722. The van der Waals surface area contributed by atoms with Crippen molar-refractivity contribution in [3.05, 3.63) is 11.6 Å². The van der Waals surface area contributed by atoms with E-state index in [0.29, 0.717) is 18.4 Å². The molecular formula is C18H25NO4. The molecule has 3 aliphatic rings. The fourth-order valence-corrected chi connectivity index (χ4v) is 4.44. The number of allylic oxidation sites excluding steroid dienone is 1. The number of carbonyl (C=O) groups excluding carboxylic acids is 2. The number of ketones is 1. The summed E-state index contributed by atoms with van der Waals surface area (Å²) in [6, 6.07) is 0. The van der Waals surface area contributed by atoms with Gasteiger partial charge in [0.2, 0.25) is 5.91 Å². The Morgan fingerprint density at radius 1 is 1.30 bits per heavy atom. The second-order valence-electron chi connectivity index (χ2n) is 7.28. The van der Waals surface area contributed by atoms with Gasteiger partial charge in [-0.1, -0.05) is 26.3 Å². The largest absolute Gasteiger partial charge is 0.479 e. The van der Waals surface area contributed by atoms with E-state index in [1.54, 1.807) is 0 Å². The lowest BCUT2D eigenvalue weighted by molar-refractivity contribution is -0.143. The predicted octanol–water partition coefficient (Wildman–Crippen LogP) is 2.31. The summed E-state index contributed by atoms with van der Waals surface area (Å²) in [4.78, 5) is 36.4. The van der Waals surface area contributed by atoms with E-state index < -0.39 is 11.5 Å². The molecule has 126 valence electrons. The Hall–Kier alpha value is -1.65. The monoisotopic (exact) mass is 319 g/mol. The number of carboxylic acid groups (broad SMARTS) is 1. The van der Waals surface area contributed by atoms with E-state index in [1.807, 2.05) is 13.0 Å². The number of carbonyl (C=O) groups is 3. The van der Waals surface area contributed by atoms with E-state index >= 15 is 0 Å². The number of hydrogen-bond donors (Lipinski definition) is 2. The minimum Gasteiger partial charge on any atom is -0.479 e. The average molecular weight is 319 g/mol. The minimum atomic E-state index is -1.09. The molecule has 3 aliphatic carbocycles. The first-order chi connectivity index (χ1) is 10.9. The van der Waals surface area contributed by atoms with Crippen molar-refractivity contribution in [3.63, 3.8) is 0 Å². The highest BCUT2D eigenvalue weighted by Gasteiger charge is 2.61. The predicted molar refractivity (Wildman–Crippen MR) is 84.6 cm³/mol. The summed E-state index contributed by atoms with van der Waals surface area (Å²) < 4.78 is 0. The summed E-state index contributed by atoms with van der Waals surface area (Å²) in [5.74, 6) is -0.774. The zero-order valence-electron chi connectivity index (χ0n) is 13.8. The van der Waals surface area contributed by atoms with Crippen molar-refractivity contribution in [2.45, 2.75) is 57.9 Å². The number of aliphatic carboxylic acids is 1. The van der Waals surface area contributed by atoms with Gasteiger partial charge in [-0.15, -0.1) is 0 Å². The van der Waals surface area contributed by atoms with Crippen molar-refractivity contribution < 1.29 is 19.5 Å². The molecule has 0 aromatic heterocycles. The Balaban J connectivity index is 1.82.